The zero-order valence-electron chi connectivity index (χ0n) is 12.8. The second kappa shape index (κ2) is 6.98. The summed E-state index contributed by atoms with van der Waals surface area (Å²) in [6, 6.07) is 15.9. The van der Waals surface area contributed by atoms with Crippen LogP contribution in [-0.2, 0) is 6.42 Å². The third-order valence-electron chi connectivity index (χ3n) is 3.64. The van der Waals surface area contributed by atoms with Crippen LogP contribution in [0.2, 0.25) is 10.0 Å². The highest BCUT2D eigenvalue weighted by molar-refractivity contribution is 6.32. The van der Waals surface area contributed by atoms with E-state index in [1.165, 1.54) is 4.68 Å². The van der Waals surface area contributed by atoms with Crippen molar-refractivity contribution in [1.82, 2.24) is 9.78 Å². The predicted octanol–water partition coefficient (Wildman–Crippen LogP) is 4.61. The van der Waals surface area contributed by atoms with E-state index in [-0.39, 0.29) is 12.1 Å². The number of halogens is 2. The first-order valence-electron chi connectivity index (χ1n) is 7.26. The summed E-state index contributed by atoms with van der Waals surface area (Å²) < 4.78 is 1.46. The minimum atomic E-state index is -1.20. The zero-order chi connectivity index (χ0) is 18.0. The number of rotatable bonds is 4. The number of nitrogens with zero attached hydrogens (tertiary/aromatic N) is 3. The molecule has 5 nitrogen and oxygen atoms in total. The molecule has 7 heteroatoms. The summed E-state index contributed by atoms with van der Waals surface area (Å²) >= 11 is 12.2. The molecule has 0 unspecified atom stereocenters. The van der Waals surface area contributed by atoms with Crippen molar-refractivity contribution in [2.24, 2.45) is 0 Å². The number of carboxylic acids is 1. The van der Waals surface area contributed by atoms with E-state index in [0.29, 0.717) is 32.6 Å². The molecule has 0 bridgehead atoms. The number of nitriles is 1. The SMILES string of the molecule is N#CCc1c(C(=O)O)nn(-c2ccccc2Cl)c1-c1ccc(Cl)cc1. The highest BCUT2D eigenvalue weighted by Gasteiger charge is 2.25. The average Bonchev–Trinajstić information content (AvgIpc) is 2.96. The standard InChI is InChI=1S/C18H11Cl2N3O2/c19-12-7-5-11(6-8-12)17-13(9-10-21)16(18(24)25)22-23(17)15-4-2-1-3-14(15)20/h1-8H,9H2,(H,24,25). The van der Waals surface area contributed by atoms with Gasteiger partial charge in [-0.15, -0.1) is 0 Å². The monoisotopic (exact) mass is 371 g/mol. The summed E-state index contributed by atoms with van der Waals surface area (Å²) in [4.78, 5) is 11.6. The molecule has 0 radical (unpaired) electrons. The van der Waals surface area contributed by atoms with Gasteiger partial charge in [0.15, 0.2) is 5.69 Å². The van der Waals surface area contributed by atoms with Gasteiger partial charge in [-0.1, -0.05) is 47.5 Å². The van der Waals surface area contributed by atoms with Gasteiger partial charge in [0.25, 0.3) is 0 Å². The van der Waals surface area contributed by atoms with E-state index >= 15 is 0 Å². The average molecular weight is 372 g/mol. The molecule has 0 amide bonds. The quantitative estimate of drug-likeness (QED) is 0.725. The van der Waals surface area contributed by atoms with E-state index in [9.17, 15) is 9.90 Å². The molecule has 0 saturated carbocycles. The van der Waals surface area contributed by atoms with Crippen molar-refractivity contribution in [3.8, 4) is 23.0 Å². The Hall–Kier alpha value is -2.81. The molecule has 0 atom stereocenters. The van der Waals surface area contributed by atoms with Crippen LogP contribution in [0.25, 0.3) is 16.9 Å². The maximum absolute atomic E-state index is 11.6. The lowest BCUT2D eigenvalue weighted by atomic mass is 10.0. The largest absolute Gasteiger partial charge is 0.476 e. The van der Waals surface area contributed by atoms with Gasteiger partial charge in [0.2, 0.25) is 0 Å². The van der Waals surface area contributed by atoms with Gasteiger partial charge in [-0.05, 0) is 24.3 Å². The Morgan fingerprint density at radius 2 is 1.84 bits per heavy atom. The highest BCUT2D eigenvalue weighted by atomic mass is 35.5. The molecular weight excluding hydrogens is 361 g/mol. The topological polar surface area (TPSA) is 78.9 Å². The van der Waals surface area contributed by atoms with Crippen molar-refractivity contribution < 1.29 is 9.90 Å². The second-order valence-electron chi connectivity index (χ2n) is 5.19. The first kappa shape index (κ1) is 17.0. The maximum Gasteiger partial charge on any atom is 0.356 e. The molecule has 0 aliphatic carbocycles. The van der Waals surface area contributed by atoms with E-state index in [1.54, 1.807) is 48.5 Å². The van der Waals surface area contributed by atoms with E-state index in [0.717, 1.165) is 0 Å². The third kappa shape index (κ3) is 3.22. The van der Waals surface area contributed by atoms with Crippen molar-refractivity contribution in [3.63, 3.8) is 0 Å². The number of para-hydroxylation sites is 1. The highest BCUT2D eigenvalue weighted by Crippen LogP contribution is 2.32. The van der Waals surface area contributed by atoms with Gasteiger partial charge in [0.1, 0.15) is 0 Å². The Bertz CT molecular complexity index is 989. The molecule has 0 fully saturated rings. The van der Waals surface area contributed by atoms with Crippen LogP contribution in [0, 0.1) is 11.3 Å². The van der Waals surface area contributed by atoms with Crippen LogP contribution < -0.4 is 0 Å². The van der Waals surface area contributed by atoms with Crippen molar-refractivity contribution in [3.05, 3.63) is 69.8 Å². The zero-order valence-corrected chi connectivity index (χ0v) is 14.3. The van der Waals surface area contributed by atoms with Gasteiger partial charge < -0.3 is 5.11 Å². The van der Waals surface area contributed by atoms with Gasteiger partial charge in [-0.25, -0.2) is 9.48 Å². The number of aromatic nitrogens is 2. The molecular formula is C18H11Cl2N3O2. The number of hydrogen-bond acceptors (Lipinski definition) is 3. The smallest absolute Gasteiger partial charge is 0.356 e. The van der Waals surface area contributed by atoms with Crippen LogP contribution in [0.3, 0.4) is 0 Å². The fourth-order valence-corrected chi connectivity index (χ4v) is 2.91. The number of benzene rings is 2. The summed E-state index contributed by atoms with van der Waals surface area (Å²) in [7, 11) is 0. The number of hydrogen-bond donors (Lipinski definition) is 1. The molecule has 0 aliphatic heterocycles. The van der Waals surface area contributed by atoms with Crippen LogP contribution in [0.1, 0.15) is 16.1 Å². The fourth-order valence-electron chi connectivity index (χ4n) is 2.57. The van der Waals surface area contributed by atoms with Crippen molar-refractivity contribution >= 4 is 29.2 Å². The van der Waals surface area contributed by atoms with Gasteiger partial charge >= 0.3 is 5.97 Å². The van der Waals surface area contributed by atoms with E-state index in [2.05, 4.69) is 5.10 Å². The minimum Gasteiger partial charge on any atom is -0.476 e. The van der Waals surface area contributed by atoms with Gasteiger partial charge in [0.05, 0.1) is 28.9 Å². The van der Waals surface area contributed by atoms with Crippen LogP contribution in [-0.4, -0.2) is 20.9 Å². The molecule has 25 heavy (non-hydrogen) atoms. The third-order valence-corrected chi connectivity index (χ3v) is 4.21. The Morgan fingerprint density at radius 3 is 2.44 bits per heavy atom. The van der Waals surface area contributed by atoms with E-state index in [1.807, 2.05) is 6.07 Å². The lowest BCUT2D eigenvalue weighted by Gasteiger charge is -2.10. The maximum atomic E-state index is 11.6. The minimum absolute atomic E-state index is 0.0932. The number of carbonyl (C=O) groups is 1. The summed E-state index contributed by atoms with van der Waals surface area (Å²) in [6.45, 7) is 0. The summed E-state index contributed by atoms with van der Waals surface area (Å²) in [6.07, 6.45) is -0.0932. The van der Waals surface area contributed by atoms with Crippen LogP contribution >= 0.6 is 23.2 Å². The molecule has 124 valence electrons. The molecule has 2 aromatic carbocycles. The predicted molar refractivity (Wildman–Crippen MR) is 95.3 cm³/mol. The summed E-state index contributed by atoms with van der Waals surface area (Å²) in [5, 5.41) is 23.8. The first-order chi connectivity index (χ1) is 12.0. The van der Waals surface area contributed by atoms with Crippen LogP contribution in [0.15, 0.2) is 48.5 Å². The molecule has 0 aliphatic rings. The molecule has 3 aromatic rings. The Labute approximate surface area is 153 Å². The number of carboxylic acid groups (broad SMARTS) is 1. The van der Waals surface area contributed by atoms with Gasteiger partial charge in [0, 0.05) is 16.1 Å². The van der Waals surface area contributed by atoms with E-state index < -0.39 is 5.97 Å². The van der Waals surface area contributed by atoms with E-state index in [4.69, 9.17) is 28.5 Å². The second-order valence-corrected chi connectivity index (χ2v) is 6.03. The van der Waals surface area contributed by atoms with Crippen LogP contribution in [0.5, 0.6) is 0 Å². The lowest BCUT2D eigenvalue weighted by Crippen LogP contribution is -2.03. The van der Waals surface area contributed by atoms with Crippen molar-refractivity contribution in [1.29, 1.82) is 5.26 Å². The van der Waals surface area contributed by atoms with Gasteiger partial charge in [-0.2, -0.15) is 10.4 Å². The molecule has 0 saturated heterocycles. The number of aromatic carboxylic acids is 1. The Balaban J connectivity index is 2.36. The van der Waals surface area contributed by atoms with Gasteiger partial charge in [-0.3, -0.25) is 0 Å². The van der Waals surface area contributed by atoms with Crippen molar-refractivity contribution in [2.45, 2.75) is 6.42 Å². The Morgan fingerprint density at radius 1 is 1.16 bits per heavy atom. The molecule has 1 heterocycles. The molecule has 1 aromatic heterocycles. The normalized spacial score (nSPS) is 10.4. The summed E-state index contributed by atoms with van der Waals surface area (Å²) in [5.41, 5.74) is 1.88. The first-order valence-corrected chi connectivity index (χ1v) is 8.01. The molecule has 3 rings (SSSR count). The van der Waals surface area contributed by atoms with Crippen LogP contribution in [0.4, 0.5) is 0 Å². The summed E-state index contributed by atoms with van der Waals surface area (Å²) in [5.74, 6) is -1.20. The molecule has 0 spiro atoms. The lowest BCUT2D eigenvalue weighted by molar-refractivity contribution is 0.0689. The molecule has 1 N–H and O–H groups in total. The van der Waals surface area contributed by atoms with Crippen molar-refractivity contribution in [2.75, 3.05) is 0 Å². The fraction of sp³-hybridized carbons (Fsp3) is 0.0556. The Kier molecular flexibility index (Phi) is 4.75.